The number of rotatable bonds is 4. The molecule has 0 unspecified atom stereocenters. The number of aliphatic hydroxyl groups excluding tert-OH is 4. The normalized spacial score (nSPS) is 57.1. The molecule has 3 spiro atoms. The van der Waals surface area contributed by atoms with Gasteiger partial charge in [-0.1, -0.05) is 46.3 Å². The van der Waals surface area contributed by atoms with Crippen LogP contribution < -0.4 is 0 Å². The molecule has 4 saturated carbocycles. The Labute approximate surface area is 278 Å². The molecule has 8 rings (SSSR count). The number of aliphatic hydroxyl groups is 4. The summed E-state index contributed by atoms with van der Waals surface area (Å²) < 4.78 is 31.8. The molecule has 2 bridgehead atoms. The number of carbonyl (C=O) groups is 1. The highest BCUT2D eigenvalue weighted by Crippen LogP contribution is 2.89. The molecule has 5 aliphatic carbocycles. The van der Waals surface area contributed by atoms with Crippen LogP contribution in [0.15, 0.2) is 11.6 Å². The van der Waals surface area contributed by atoms with Gasteiger partial charge in [0.1, 0.15) is 36.1 Å². The molecule has 0 radical (unpaired) electrons. The van der Waals surface area contributed by atoms with E-state index >= 15 is 0 Å². The predicted molar refractivity (Wildman–Crippen MR) is 168 cm³/mol. The zero-order chi connectivity index (χ0) is 33.9. The lowest BCUT2D eigenvalue weighted by molar-refractivity contribution is -0.300. The van der Waals surface area contributed by atoms with Crippen LogP contribution >= 0.6 is 0 Å². The molecule has 10 heteroatoms. The average Bonchev–Trinajstić information content (AvgIpc) is 3.49. The van der Waals surface area contributed by atoms with Gasteiger partial charge in [-0.2, -0.15) is 0 Å². The number of allylic oxidation sites excluding steroid dienone is 1. The van der Waals surface area contributed by atoms with Crippen molar-refractivity contribution in [3.63, 3.8) is 0 Å². The highest BCUT2D eigenvalue weighted by atomic mass is 16.8. The van der Waals surface area contributed by atoms with Crippen molar-refractivity contribution in [2.75, 3.05) is 6.61 Å². The predicted octanol–water partition coefficient (Wildman–Crippen LogP) is 3.61. The Bertz CT molecular complexity index is 1380. The van der Waals surface area contributed by atoms with Gasteiger partial charge in [-0.15, -0.1) is 0 Å². The fourth-order valence-electron chi connectivity index (χ4n) is 13.5. The van der Waals surface area contributed by atoms with E-state index in [1.54, 1.807) is 0 Å². The Balaban J connectivity index is 1.12. The number of hydrogen-bond acceptors (Lipinski definition) is 10. The van der Waals surface area contributed by atoms with E-state index in [0.29, 0.717) is 5.92 Å². The molecule has 8 aliphatic rings. The quantitative estimate of drug-likeness (QED) is 0.261. The second-order valence-electron chi connectivity index (χ2n) is 18.4. The maximum absolute atomic E-state index is 12.8. The van der Waals surface area contributed by atoms with Crippen LogP contribution in [-0.2, 0) is 28.5 Å². The van der Waals surface area contributed by atoms with Gasteiger partial charge in [0.15, 0.2) is 12.1 Å². The van der Waals surface area contributed by atoms with E-state index < -0.39 is 53.6 Å². The zero-order valence-electron chi connectivity index (χ0n) is 29.3. The molecule has 0 aromatic rings. The number of ether oxygens (including phenoxy) is 5. The molecule has 16 atom stereocenters. The summed E-state index contributed by atoms with van der Waals surface area (Å²) in [6, 6.07) is 0. The minimum Gasteiger partial charge on any atom is -0.457 e. The van der Waals surface area contributed by atoms with Crippen molar-refractivity contribution in [1.82, 2.24) is 0 Å². The van der Waals surface area contributed by atoms with Crippen LogP contribution in [0.4, 0.5) is 0 Å². The Morgan fingerprint density at radius 2 is 1.74 bits per heavy atom. The van der Waals surface area contributed by atoms with Gasteiger partial charge in [0.05, 0.1) is 18.8 Å². The van der Waals surface area contributed by atoms with E-state index in [9.17, 15) is 25.2 Å². The molecule has 264 valence electrons. The first kappa shape index (κ1) is 33.1. The smallest absolute Gasteiger partial charge is 0.303 e. The van der Waals surface area contributed by atoms with Crippen molar-refractivity contribution in [1.29, 1.82) is 0 Å². The fourth-order valence-corrected chi connectivity index (χ4v) is 13.5. The fraction of sp³-hybridized carbons (Fsp3) is 0.919. The molecule has 0 aromatic heterocycles. The molecule has 4 N–H and O–H groups in total. The molecule has 0 aromatic carbocycles. The van der Waals surface area contributed by atoms with Gasteiger partial charge >= 0.3 is 5.97 Å². The maximum atomic E-state index is 12.8. The third-order valence-electron chi connectivity index (χ3n) is 15.6. The standard InChI is InChI=1S/C37H56O10/c1-18-15-21-28(32(5,6)45-19(2)38)47-37(46-21)27(18)33(7)13-14-36-17-35(36)12-11-24(44-29-26(41)25(40)20(39)16-43-29)31(3,4)22(35)9-10-23(36)34(33,8)30(37)42/h10,18,20-22,24-30,39-42H,9,11-17H2,1-8H3/t18-,20-,21-,22+,24+,25+,26-,27-,28+,29+,30-,33-,34-,35-,36+,37+/m1/s1. The zero-order valence-corrected chi connectivity index (χ0v) is 29.3. The van der Waals surface area contributed by atoms with E-state index in [1.165, 1.54) is 12.5 Å². The summed E-state index contributed by atoms with van der Waals surface area (Å²) in [7, 11) is 0. The molecule has 47 heavy (non-hydrogen) atoms. The molecule has 0 amide bonds. The van der Waals surface area contributed by atoms with Gasteiger partial charge < -0.3 is 44.1 Å². The molecule has 7 fully saturated rings. The van der Waals surface area contributed by atoms with E-state index in [-0.39, 0.29) is 58.3 Å². The van der Waals surface area contributed by atoms with Crippen molar-refractivity contribution >= 4 is 5.97 Å². The largest absolute Gasteiger partial charge is 0.457 e. The van der Waals surface area contributed by atoms with Gasteiger partial charge in [-0.3, -0.25) is 4.79 Å². The monoisotopic (exact) mass is 660 g/mol. The second-order valence-corrected chi connectivity index (χ2v) is 18.4. The molecular formula is C37H56O10. The SMILES string of the molecule is CC(=O)OC(C)(C)[C@H]1O[C@@]23O[C@@H]1C[C@@H](C)[C@@H]2[C@@]1(C)CC[C@@]24C[C@@]25CC[C@H](O[C@@H]2OC[C@@H](O)[C@H](O)[C@H]2O)C(C)(C)[C@@H]5CC=C4[C@]1(C)[C@H]3O. The second kappa shape index (κ2) is 9.81. The molecular weight excluding hydrogens is 604 g/mol. The van der Waals surface area contributed by atoms with Crippen LogP contribution in [0.3, 0.4) is 0 Å². The summed E-state index contributed by atoms with van der Waals surface area (Å²) in [4.78, 5) is 12.1. The lowest BCUT2D eigenvalue weighted by atomic mass is 9.44. The number of fused-ring (bicyclic) bond motifs is 4. The van der Waals surface area contributed by atoms with Crippen molar-refractivity contribution in [2.24, 2.45) is 44.8 Å². The average molecular weight is 661 g/mol. The maximum Gasteiger partial charge on any atom is 0.303 e. The van der Waals surface area contributed by atoms with Gasteiger partial charge in [-0.25, -0.2) is 0 Å². The first-order valence-electron chi connectivity index (χ1n) is 18.1. The Kier molecular flexibility index (Phi) is 6.90. The Hall–Kier alpha value is -1.11. The summed E-state index contributed by atoms with van der Waals surface area (Å²) in [5, 5.41) is 43.6. The molecule has 3 saturated heterocycles. The van der Waals surface area contributed by atoms with Crippen LogP contribution in [0.2, 0.25) is 0 Å². The van der Waals surface area contributed by atoms with Crippen molar-refractivity contribution in [3.05, 3.63) is 11.6 Å². The topological polar surface area (TPSA) is 144 Å². The van der Waals surface area contributed by atoms with E-state index in [1.807, 2.05) is 13.8 Å². The summed E-state index contributed by atoms with van der Waals surface area (Å²) in [5.41, 5.74) is -0.442. The highest BCUT2D eigenvalue weighted by Gasteiger charge is 2.86. The third kappa shape index (κ3) is 3.83. The van der Waals surface area contributed by atoms with Crippen LogP contribution in [0.25, 0.3) is 0 Å². The van der Waals surface area contributed by atoms with Crippen molar-refractivity contribution < 1.29 is 48.9 Å². The minimum absolute atomic E-state index is 0.00363. The van der Waals surface area contributed by atoms with Gasteiger partial charge in [0, 0.05) is 18.3 Å². The first-order valence-corrected chi connectivity index (χ1v) is 18.1. The van der Waals surface area contributed by atoms with E-state index in [2.05, 4.69) is 40.7 Å². The van der Waals surface area contributed by atoms with E-state index in [4.69, 9.17) is 23.7 Å². The number of hydrogen-bond donors (Lipinski definition) is 4. The van der Waals surface area contributed by atoms with Crippen molar-refractivity contribution in [2.45, 2.75) is 161 Å². The third-order valence-corrected chi connectivity index (χ3v) is 15.6. The lowest BCUT2D eigenvalue weighted by Crippen LogP contribution is -2.58. The van der Waals surface area contributed by atoms with Crippen LogP contribution in [-0.4, -0.2) is 93.4 Å². The Morgan fingerprint density at radius 1 is 1.02 bits per heavy atom. The van der Waals surface area contributed by atoms with Gasteiger partial charge in [-0.05, 0) is 92.3 Å². The van der Waals surface area contributed by atoms with Crippen LogP contribution in [0.1, 0.15) is 100 Å². The number of carbonyl (C=O) groups excluding carboxylic acids is 1. The summed E-state index contributed by atoms with van der Waals surface area (Å²) in [6.07, 6.45) is 2.55. The highest BCUT2D eigenvalue weighted by molar-refractivity contribution is 5.66. The van der Waals surface area contributed by atoms with Crippen LogP contribution in [0.5, 0.6) is 0 Å². The lowest BCUT2D eigenvalue weighted by Gasteiger charge is -2.60. The van der Waals surface area contributed by atoms with Crippen molar-refractivity contribution in [3.8, 4) is 0 Å². The van der Waals surface area contributed by atoms with E-state index in [0.717, 1.165) is 44.9 Å². The molecule has 10 nitrogen and oxygen atoms in total. The van der Waals surface area contributed by atoms with Gasteiger partial charge in [0.25, 0.3) is 0 Å². The summed E-state index contributed by atoms with van der Waals surface area (Å²) >= 11 is 0. The summed E-state index contributed by atoms with van der Waals surface area (Å²) in [6.45, 7) is 16.6. The summed E-state index contributed by atoms with van der Waals surface area (Å²) in [5.74, 6) is -0.922. The molecule has 3 heterocycles. The number of esters is 1. The Morgan fingerprint density at radius 3 is 2.45 bits per heavy atom. The van der Waals surface area contributed by atoms with Crippen LogP contribution in [0, 0.1) is 44.8 Å². The molecule has 3 aliphatic heterocycles. The van der Waals surface area contributed by atoms with Gasteiger partial charge in [0.2, 0.25) is 0 Å². The first-order chi connectivity index (χ1) is 21.8. The minimum atomic E-state index is -1.31.